The molecule has 5 unspecified atom stereocenters. The zero-order valence-electron chi connectivity index (χ0n) is 22.7. The first-order valence-corrected chi connectivity index (χ1v) is 12.8. The third-order valence-corrected chi connectivity index (χ3v) is 6.64. The van der Waals surface area contributed by atoms with Crippen LogP contribution in [0.4, 0.5) is 0 Å². The second kappa shape index (κ2) is 14.2. The van der Waals surface area contributed by atoms with E-state index in [1.807, 2.05) is 0 Å². The van der Waals surface area contributed by atoms with Gasteiger partial charge >= 0.3 is 5.97 Å². The average Bonchev–Trinajstić information content (AvgIpc) is 2.97. The zero-order valence-corrected chi connectivity index (χ0v) is 22.7. The minimum Gasteiger partial charge on any atom is -0.508 e. The number of esters is 1. The normalized spacial score (nSPS) is 21.1. The first-order chi connectivity index (χ1) is 20.5. The lowest BCUT2D eigenvalue weighted by molar-refractivity contribution is -0.278. The van der Waals surface area contributed by atoms with Gasteiger partial charge in [0.05, 0.1) is 0 Å². The summed E-state index contributed by atoms with van der Waals surface area (Å²) in [5.41, 5.74) is -0.328. The number of carbonyl (C=O) groups is 1. The van der Waals surface area contributed by atoms with Gasteiger partial charge in [-0.3, -0.25) is 4.79 Å². The molecule has 1 aromatic heterocycles. The van der Waals surface area contributed by atoms with Crippen LogP contribution in [0, 0.1) is 0 Å². The smallest absolute Gasteiger partial charge is 0.330 e. The second-order valence-electron chi connectivity index (χ2n) is 9.66. The average molecular weight is 621 g/mol. The van der Waals surface area contributed by atoms with Crippen molar-refractivity contribution in [1.29, 1.82) is 0 Å². The van der Waals surface area contributed by atoms with Crippen LogP contribution in [0.3, 0.4) is 0 Å². The number of fused-ring (bicyclic) bond motifs is 1. The van der Waals surface area contributed by atoms with Gasteiger partial charge in [0.15, 0.2) is 5.76 Å². The Morgan fingerprint density at radius 3 is 2.11 bits per heavy atom. The maximum absolute atomic E-state index is 13.5. The summed E-state index contributed by atoms with van der Waals surface area (Å²) in [7, 11) is 0. The summed E-state index contributed by atoms with van der Waals surface area (Å²) < 4.78 is 22.2. The van der Waals surface area contributed by atoms with E-state index in [4.69, 9.17) is 18.6 Å². The number of carbonyl (C=O) groups excluding carboxylic acids is 1. The molecule has 5 rings (SSSR count). The molecule has 5 atom stereocenters. The fraction of sp³-hybridized carbons (Fsp3) is 0.226. The van der Waals surface area contributed by atoms with E-state index in [0.29, 0.717) is 5.56 Å². The van der Waals surface area contributed by atoms with Crippen molar-refractivity contribution in [3.8, 4) is 40.1 Å². The maximum Gasteiger partial charge on any atom is 0.330 e. The van der Waals surface area contributed by atoms with Gasteiger partial charge in [0, 0.05) is 32.2 Å². The van der Waals surface area contributed by atoms with Crippen LogP contribution in [0.1, 0.15) is 13.0 Å². The number of phenolic OH excluding ortho intramolecular Hbond substituents is 4. The molecule has 1 saturated heterocycles. The van der Waals surface area contributed by atoms with Gasteiger partial charge in [-0.05, 0) is 48.0 Å². The van der Waals surface area contributed by atoms with E-state index in [1.54, 1.807) is 12.1 Å². The molecule has 0 amide bonds. The molecule has 235 valence electrons. The summed E-state index contributed by atoms with van der Waals surface area (Å²) in [6.07, 6.45) is -6.17. The van der Waals surface area contributed by atoms with E-state index < -0.39 is 66.0 Å². The van der Waals surface area contributed by atoms with Gasteiger partial charge in [-0.1, -0.05) is 19.6 Å². The molecule has 45 heavy (non-hydrogen) atoms. The fourth-order valence-electron chi connectivity index (χ4n) is 4.41. The Labute approximate surface area is 258 Å². The highest BCUT2D eigenvalue weighted by Crippen LogP contribution is 2.37. The van der Waals surface area contributed by atoms with Crippen molar-refractivity contribution in [2.75, 3.05) is 6.61 Å². The Bertz CT molecular complexity index is 1720. The van der Waals surface area contributed by atoms with Crippen LogP contribution >= 0.6 is 0 Å². The highest BCUT2D eigenvalue weighted by atomic mass is 16.7. The number of phenols is 4. The lowest BCUT2D eigenvalue weighted by atomic mass is 9.99. The van der Waals surface area contributed by atoms with Crippen LogP contribution in [0.25, 0.3) is 28.4 Å². The van der Waals surface area contributed by atoms with Crippen molar-refractivity contribution < 1.29 is 59.2 Å². The van der Waals surface area contributed by atoms with Crippen LogP contribution < -0.4 is 10.2 Å². The Morgan fingerprint density at radius 1 is 0.844 bits per heavy atom. The fourth-order valence-corrected chi connectivity index (χ4v) is 4.41. The molecule has 7 N–H and O–H groups in total. The minimum absolute atomic E-state index is 0. The lowest BCUT2D eigenvalue weighted by Gasteiger charge is -2.39. The molecule has 3 aromatic carbocycles. The monoisotopic (exact) mass is 621 g/mol. The first kappa shape index (κ1) is 34.5. The zero-order chi connectivity index (χ0) is 30.8. The summed E-state index contributed by atoms with van der Waals surface area (Å²) in [5.74, 6) is -2.70. The third kappa shape index (κ3) is 7.38. The molecule has 0 bridgehead atoms. The summed E-state index contributed by atoms with van der Waals surface area (Å²) in [5, 5.41) is 70.6. The molecule has 1 aliphatic heterocycles. The van der Waals surface area contributed by atoms with E-state index >= 15 is 0 Å². The molecule has 0 saturated carbocycles. The molecule has 3 radical (unpaired) electrons. The number of benzene rings is 3. The van der Waals surface area contributed by atoms with Crippen molar-refractivity contribution in [3.63, 3.8) is 0 Å². The van der Waals surface area contributed by atoms with Crippen molar-refractivity contribution in [2.45, 2.75) is 38.1 Å². The quantitative estimate of drug-likeness (QED) is 0.0894. The molecule has 13 nitrogen and oxygen atoms in total. The van der Waals surface area contributed by atoms with E-state index in [9.17, 15) is 45.3 Å². The van der Waals surface area contributed by atoms with Gasteiger partial charge < -0.3 is 54.4 Å². The van der Waals surface area contributed by atoms with Crippen molar-refractivity contribution >= 4 is 31.4 Å². The molecule has 14 heteroatoms. The maximum atomic E-state index is 13.5. The Hall–Kier alpha value is -5.02. The number of hydrogen-bond acceptors (Lipinski definition) is 13. The van der Waals surface area contributed by atoms with Crippen LogP contribution in [0.2, 0.25) is 0 Å². The van der Waals surface area contributed by atoms with Crippen molar-refractivity contribution in [1.82, 2.24) is 0 Å². The van der Waals surface area contributed by atoms with Gasteiger partial charge in [0.25, 0.3) is 0 Å². The van der Waals surface area contributed by atoms with Gasteiger partial charge in [0.2, 0.25) is 17.5 Å². The molecule has 4 aromatic rings. The summed E-state index contributed by atoms with van der Waals surface area (Å²) in [6.45, 7) is -0.583. The number of rotatable bonds is 7. The lowest BCUT2D eigenvalue weighted by Crippen LogP contribution is -2.60. The first-order valence-electron chi connectivity index (χ1n) is 12.8. The number of aliphatic hydroxyl groups is 3. The minimum atomic E-state index is -1.90. The summed E-state index contributed by atoms with van der Waals surface area (Å²) in [4.78, 5) is 25.8. The SMILES string of the molecule is C.O=C(/C=C/c1ccc(O)cc1)OCC1OC(Oc2c(-c3ccc(O)cc3)oc3cc(O)cc(O)c3c2=O)C(O)C(O)C1O.[B]. The van der Waals surface area contributed by atoms with Crippen molar-refractivity contribution in [2.24, 2.45) is 0 Å². The molecular weight excluding hydrogens is 591 g/mol. The second-order valence-corrected chi connectivity index (χ2v) is 9.66. The van der Waals surface area contributed by atoms with Gasteiger partial charge in [-0.25, -0.2) is 4.79 Å². The molecule has 1 fully saturated rings. The van der Waals surface area contributed by atoms with Gasteiger partial charge in [-0.2, -0.15) is 0 Å². The number of aliphatic hydroxyl groups excluding tert-OH is 3. The largest absolute Gasteiger partial charge is 0.508 e. The highest BCUT2D eigenvalue weighted by molar-refractivity contribution is 5.88. The van der Waals surface area contributed by atoms with Crippen LogP contribution in [-0.2, 0) is 14.3 Å². The third-order valence-electron chi connectivity index (χ3n) is 6.64. The topological polar surface area (TPSA) is 217 Å². The number of aromatic hydroxyl groups is 4. The van der Waals surface area contributed by atoms with Crippen LogP contribution in [-0.4, -0.2) is 87.4 Å². The molecule has 0 aliphatic carbocycles. The van der Waals surface area contributed by atoms with E-state index in [-0.39, 0.29) is 49.6 Å². The van der Waals surface area contributed by atoms with E-state index in [1.165, 1.54) is 42.5 Å². The Balaban J connectivity index is 0.00000276. The highest BCUT2D eigenvalue weighted by Gasteiger charge is 2.46. The molecular formula is C31H30BO13. The van der Waals surface area contributed by atoms with Crippen LogP contribution in [0.5, 0.6) is 28.7 Å². The Kier molecular flexibility index (Phi) is 10.9. The molecule has 2 heterocycles. The van der Waals surface area contributed by atoms with Gasteiger partial charge in [0.1, 0.15) is 65.0 Å². The summed E-state index contributed by atoms with van der Waals surface area (Å²) in [6, 6.07) is 13.4. The predicted octanol–water partition coefficient (Wildman–Crippen LogP) is 1.98. The number of ether oxygens (including phenoxy) is 3. The van der Waals surface area contributed by atoms with Crippen LogP contribution in [0.15, 0.2) is 76.0 Å². The van der Waals surface area contributed by atoms with E-state index in [2.05, 4.69) is 0 Å². The Morgan fingerprint density at radius 2 is 1.47 bits per heavy atom. The number of hydrogen-bond donors (Lipinski definition) is 7. The molecule has 0 spiro atoms. The standard InChI is InChI=1S/C30H26O13.CH4.B/c31-16-6-1-14(2-7-16)3-10-22(35)40-13-21-24(36)26(38)27(39)30(42-21)43-29-25(37)23-19(34)11-18(33)12-20(23)41-28(29)15-4-8-17(32)9-5-15;;/h1-12,21,24,26-27,30-34,36,38-39H,13H2;1H4;/b10-3+;;. The molecule has 1 aliphatic rings. The summed E-state index contributed by atoms with van der Waals surface area (Å²) >= 11 is 0. The van der Waals surface area contributed by atoms with E-state index in [0.717, 1.165) is 18.2 Å². The van der Waals surface area contributed by atoms with Crippen molar-refractivity contribution in [3.05, 3.63) is 82.5 Å². The predicted molar refractivity (Wildman–Crippen MR) is 161 cm³/mol. The van der Waals surface area contributed by atoms with Gasteiger partial charge in [-0.15, -0.1) is 0 Å².